The molecule has 6 nitrogen and oxygen atoms in total. The number of carbonyl (C=O) groups is 2. The summed E-state index contributed by atoms with van der Waals surface area (Å²) in [5, 5.41) is 2.92. The number of anilines is 1. The van der Waals surface area contributed by atoms with Crippen LogP contribution in [0, 0.1) is 12.8 Å². The Labute approximate surface area is 159 Å². The molecule has 1 atom stereocenters. The molecular weight excluding hydrogens is 344 g/mol. The number of nitrogens with zero attached hydrogens (tertiary/aromatic N) is 1. The first-order valence-corrected chi connectivity index (χ1v) is 8.87. The van der Waals surface area contributed by atoms with Gasteiger partial charge in [-0.25, -0.2) is 0 Å². The molecule has 3 rings (SSSR count). The largest absolute Gasteiger partial charge is 0.497 e. The summed E-state index contributed by atoms with van der Waals surface area (Å²) >= 11 is 0. The van der Waals surface area contributed by atoms with Gasteiger partial charge in [0, 0.05) is 36.8 Å². The van der Waals surface area contributed by atoms with Gasteiger partial charge in [-0.3, -0.25) is 9.59 Å². The van der Waals surface area contributed by atoms with Gasteiger partial charge in [0.25, 0.3) is 0 Å². The summed E-state index contributed by atoms with van der Waals surface area (Å²) in [6, 6.07) is 13.2. The second kappa shape index (κ2) is 8.12. The normalized spacial score (nSPS) is 16.3. The number of benzene rings is 2. The van der Waals surface area contributed by atoms with Crippen molar-refractivity contribution >= 4 is 17.5 Å². The smallest absolute Gasteiger partial charge is 0.227 e. The first-order chi connectivity index (χ1) is 13.0. The van der Waals surface area contributed by atoms with E-state index in [1.807, 2.05) is 43.3 Å². The fourth-order valence-electron chi connectivity index (χ4n) is 3.18. The number of ether oxygens (including phenoxy) is 2. The van der Waals surface area contributed by atoms with Crippen molar-refractivity contribution in [3.8, 4) is 11.5 Å². The zero-order valence-corrected chi connectivity index (χ0v) is 15.8. The van der Waals surface area contributed by atoms with Gasteiger partial charge in [0.15, 0.2) is 0 Å². The predicted molar refractivity (Wildman–Crippen MR) is 103 cm³/mol. The third kappa shape index (κ3) is 4.22. The quantitative estimate of drug-likeness (QED) is 0.851. The molecule has 0 saturated carbocycles. The lowest BCUT2D eigenvalue weighted by Crippen LogP contribution is -2.32. The zero-order valence-electron chi connectivity index (χ0n) is 15.8. The lowest BCUT2D eigenvalue weighted by Gasteiger charge is -2.17. The highest BCUT2D eigenvalue weighted by Crippen LogP contribution is 2.27. The summed E-state index contributed by atoms with van der Waals surface area (Å²) in [5.41, 5.74) is 2.82. The van der Waals surface area contributed by atoms with E-state index in [0.717, 1.165) is 16.8 Å². The Balaban J connectivity index is 1.62. The third-order valence-corrected chi connectivity index (χ3v) is 4.79. The highest BCUT2D eigenvalue weighted by molar-refractivity contribution is 6.00. The van der Waals surface area contributed by atoms with Crippen LogP contribution in [-0.2, 0) is 16.1 Å². The molecule has 0 aromatic heterocycles. The van der Waals surface area contributed by atoms with E-state index >= 15 is 0 Å². The maximum absolute atomic E-state index is 12.6. The number of amides is 2. The molecule has 1 fully saturated rings. The van der Waals surface area contributed by atoms with Crippen molar-refractivity contribution in [2.75, 3.05) is 25.7 Å². The van der Waals surface area contributed by atoms with Crippen LogP contribution >= 0.6 is 0 Å². The van der Waals surface area contributed by atoms with Crippen molar-refractivity contribution in [1.82, 2.24) is 5.32 Å². The number of rotatable bonds is 6. The standard InChI is InChI=1S/C21H24N2O4/c1-14-4-7-17(8-5-14)23-13-16(10-20(23)24)21(25)22-12-15-6-9-18(26-2)11-19(15)27-3/h4-9,11,16H,10,12-13H2,1-3H3,(H,22,25). The number of hydrogen-bond donors (Lipinski definition) is 1. The molecule has 0 bridgehead atoms. The first-order valence-electron chi connectivity index (χ1n) is 8.87. The lowest BCUT2D eigenvalue weighted by molar-refractivity contribution is -0.126. The maximum atomic E-state index is 12.6. The molecule has 2 aromatic carbocycles. The lowest BCUT2D eigenvalue weighted by atomic mass is 10.1. The van der Waals surface area contributed by atoms with Gasteiger partial charge in [-0.05, 0) is 31.2 Å². The van der Waals surface area contributed by atoms with E-state index < -0.39 is 0 Å². The molecule has 2 aromatic rings. The molecule has 1 saturated heterocycles. The molecule has 1 aliphatic heterocycles. The van der Waals surface area contributed by atoms with E-state index in [2.05, 4.69) is 5.32 Å². The van der Waals surface area contributed by atoms with Crippen molar-refractivity contribution in [1.29, 1.82) is 0 Å². The molecule has 1 aliphatic rings. The van der Waals surface area contributed by atoms with Gasteiger partial charge in [-0.1, -0.05) is 17.7 Å². The van der Waals surface area contributed by atoms with Gasteiger partial charge in [-0.15, -0.1) is 0 Å². The minimum absolute atomic E-state index is 0.0268. The van der Waals surface area contributed by atoms with E-state index in [0.29, 0.717) is 24.6 Å². The van der Waals surface area contributed by atoms with Crippen molar-refractivity contribution in [3.63, 3.8) is 0 Å². The molecule has 2 amide bonds. The number of nitrogens with one attached hydrogen (secondary N) is 1. The van der Waals surface area contributed by atoms with Crippen LogP contribution in [0.15, 0.2) is 42.5 Å². The number of aryl methyl sites for hydroxylation is 1. The minimum Gasteiger partial charge on any atom is -0.497 e. The average Bonchev–Trinajstić information content (AvgIpc) is 3.08. The molecule has 1 N–H and O–H groups in total. The van der Waals surface area contributed by atoms with Gasteiger partial charge in [0.05, 0.1) is 20.1 Å². The van der Waals surface area contributed by atoms with Crippen LogP contribution in [0.4, 0.5) is 5.69 Å². The Morgan fingerprint density at radius 2 is 1.89 bits per heavy atom. The van der Waals surface area contributed by atoms with Crippen LogP contribution in [0.2, 0.25) is 0 Å². The average molecular weight is 368 g/mol. The maximum Gasteiger partial charge on any atom is 0.227 e. The molecule has 6 heteroatoms. The molecule has 1 unspecified atom stereocenters. The van der Waals surface area contributed by atoms with Crippen molar-refractivity contribution in [2.24, 2.45) is 5.92 Å². The van der Waals surface area contributed by atoms with Crippen LogP contribution in [-0.4, -0.2) is 32.6 Å². The molecule has 0 radical (unpaired) electrons. The van der Waals surface area contributed by atoms with E-state index in [-0.39, 0.29) is 24.2 Å². The number of methoxy groups -OCH3 is 2. The number of carbonyl (C=O) groups excluding carboxylic acids is 2. The zero-order chi connectivity index (χ0) is 19.4. The Morgan fingerprint density at radius 1 is 1.15 bits per heavy atom. The van der Waals surface area contributed by atoms with Gasteiger partial charge in [-0.2, -0.15) is 0 Å². The van der Waals surface area contributed by atoms with E-state index in [9.17, 15) is 9.59 Å². The SMILES string of the molecule is COc1ccc(CNC(=O)C2CC(=O)N(c3ccc(C)cc3)C2)c(OC)c1. The van der Waals surface area contributed by atoms with Crippen LogP contribution in [0.1, 0.15) is 17.5 Å². The summed E-state index contributed by atoms with van der Waals surface area (Å²) in [7, 11) is 3.17. The van der Waals surface area contributed by atoms with Gasteiger partial charge in [0.2, 0.25) is 11.8 Å². The minimum atomic E-state index is -0.358. The topological polar surface area (TPSA) is 67.9 Å². The van der Waals surface area contributed by atoms with Crippen molar-refractivity contribution < 1.29 is 19.1 Å². The fourth-order valence-corrected chi connectivity index (χ4v) is 3.18. The summed E-state index contributed by atoms with van der Waals surface area (Å²) in [4.78, 5) is 26.6. The molecule has 1 heterocycles. The molecule has 27 heavy (non-hydrogen) atoms. The Kier molecular flexibility index (Phi) is 5.64. The summed E-state index contributed by atoms with van der Waals surface area (Å²) in [6.07, 6.45) is 0.222. The van der Waals surface area contributed by atoms with E-state index in [1.165, 1.54) is 0 Å². The van der Waals surface area contributed by atoms with Crippen LogP contribution in [0.5, 0.6) is 11.5 Å². The molecule has 0 aliphatic carbocycles. The second-order valence-electron chi connectivity index (χ2n) is 6.64. The Bertz CT molecular complexity index is 833. The van der Waals surface area contributed by atoms with Gasteiger partial charge < -0.3 is 19.7 Å². The number of hydrogen-bond acceptors (Lipinski definition) is 4. The van der Waals surface area contributed by atoms with Crippen LogP contribution in [0.25, 0.3) is 0 Å². The summed E-state index contributed by atoms with van der Waals surface area (Å²) in [6.45, 7) is 2.73. The van der Waals surface area contributed by atoms with Crippen molar-refractivity contribution in [3.05, 3.63) is 53.6 Å². The third-order valence-electron chi connectivity index (χ3n) is 4.79. The summed E-state index contributed by atoms with van der Waals surface area (Å²) < 4.78 is 10.5. The van der Waals surface area contributed by atoms with Gasteiger partial charge >= 0.3 is 0 Å². The molecule has 142 valence electrons. The van der Waals surface area contributed by atoms with Crippen molar-refractivity contribution in [2.45, 2.75) is 19.9 Å². The highest BCUT2D eigenvalue weighted by Gasteiger charge is 2.35. The first kappa shape index (κ1) is 18.8. The monoisotopic (exact) mass is 368 g/mol. The van der Waals surface area contributed by atoms with Crippen LogP contribution < -0.4 is 19.7 Å². The van der Waals surface area contributed by atoms with Gasteiger partial charge in [0.1, 0.15) is 11.5 Å². The summed E-state index contributed by atoms with van der Waals surface area (Å²) in [5.74, 6) is 0.829. The Morgan fingerprint density at radius 3 is 2.56 bits per heavy atom. The predicted octanol–water partition coefficient (Wildman–Crippen LogP) is 2.68. The van der Waals surface area contributed by atoms with E-state index in [4.69, 9.17) is 9.47 Å². The molecular formula is C21H24N2O4. The van der Waals surface area contributed by atoms with E-state index in [1.54, 1.807) is 25.2 Å². The highest BCUT2D eigenvalue weighted by atomic mass is 16.5. The second-order valence-corrected chi connectivity index (χ2v) is 6.64. The Hall–Kier alpha value is -3.02. The molecule has 0 spiro atoms. The van der Waals surface area contributed by atoms with Crippen LogP contribution in [0.3, 0.4) is 0 Å². The fraction of sp³-hybridized carbons (Fsp3) is 0.333.